The maximum atomic E-state index is 18.8. The number of thiophene rings is 2. The fourth-order valence-electron chi connectivity index (χ4n) is 11.2. The molecule has 4 heteroatoms. The van der Waals surface area contributed by atoms with Crippen molar-refractivity contribution in [2.24, 2.45) is 23.7 Å². The van der Waals surface area contributed by atoms with E-state index in [1.165, 1.54) is 72.2 Å². The molecule has 0 aliphatic heterocycles. The average Bonchev–Trinajstić information content (AvgIpc) is 3.88. The van der Waals surface area contributed by atoms with Crippen LogP contribution in [0.5, 0.6) is 0 Å². The van der Waals surface area contributed by atoms with E-state index in [2.05, 4.69) is 81.4 Å². The Balaban J connectivity index is 1.87. The van der Waals surface area contributed by atoms with Gasteiger partial charge in [-0.2, -0.15) is 0 Å². The van der Waals surface area contributed by atoms with Crippen molar-refractivity contribution in [3.8, 4) is 20.9 Å². The molecule has 1 aromatic carbocycles. The second-order valence-electron chi connectivity index (χ2n) is 18.0. The lowest BCUT2D eigenvalue weighted by atomic mass is 9.63. The van der Waals surface area contributed by atoms with Gasteiger partial charge in [0.25, 0.3) is 0 Å². The third-order valence-corrected chi connectivity index (χ3v) is 16.4. The standard InChI is InChI=1S/C50H76F2S2/c1-11-19-23-35(15-5)29-49(30-36(16-6)24-20-12-2)39-27-33(9)53-47(39)41-43(49)45(51)42-44(46(41)52)50(31-37(17-7)25-21-13-3,32-38(18-8)26-22-14-4)40-28-34(10)54-48(40)42/h27-28,35-38H,11-26,29-32H2,1-10H3. The van der Waals surface area contributed by atoms with Gasteiger partial charge in [0.2, 0.25) is 0 Å². The van der Waals surface area contributed by atoms with Crippen LogP contribution in [0.1, 0.15) is 216 Å². The van der Waals surface area contributed by atoms with Crippen LogP contribution >= 0.6 is 22.7 Å². The van der Waals surface area contributed by atoms with Crippen LogP contribution in [0.3, 0.4) is 0 Å². The van der Waals surface area contributed by atoms with Crippen LogP contribution in [0.2, 0.25) is 0 Å². The molecular formula is C50H76F2S2. The summed E-state index contributed by atoms with van der Waals surface area (Å²) in [4.78, 5) is 4.56. The summed E-state index contributed by atoms with van der Waals surface area (Å²) >= 11 is 3.48. The largest absolute Gasteiger partial charge is 0.206 e. The minimum absolute atomic E-state index is 0.0636. The number of benzene rings is 1. The smallest absolute Gasteiger partial charge is 0.137 e. The quantitative estimate of drug-likeness (QED) is 0.0850. The number of hydrogen-bond donors (Lipinski definition) is 0. The highest BCUT2D eigenvalue weighted by atomic mass is 32.1. The summed E-state index contributed by atoms with van der Waals surface area (Å²) in [5.74, 6) is 1.80. The Labute approximate surface area is 338 Å². The second kappa shape index (κ2) is 19.3. The molecule has 0 fully saturated rings. The van der Waals surface area contributed by atoms with Gasteiger partial charge in [-0.05, 0) is 86.5 Å². The topological polar surface area (TPSA) is 0 Å². The predicted molar refractivity (Wildman–Crippen MR) is 236 cm³/mol. The molecule has 2 heterocycles. The number of unbranched alkanes of at least 4 members (excludes halogenated alkanes) is 4. The van der Waals surface area contributed by atoms with Crippen molar-refractivity contribution in [2.75, 3.05) is 0 Å². The van der Waals surface area contributed by atoms with E-state index in [9.17, 15) is 0 Å². The van der Waals surface area contributed by atoms with Gasteiger partial charge < -0.3 is 0 Å². The molecule has 0 N–H and O–H groups in total. The molecule has 0 radical (unpaired) electrons. The van der Waals surface area contributed by atoms with E-state index in [1.54, 1.807) is 22.7 Å². The van der Waals surface area contributed by atoms with Crippen LogP contribution in [0, 0.1) is 49.2 Å². The molecular weight excluding hydrogens is 703 g/mol. The Morgan fingerprint density at radius 2 is 0.759 bits per heavy atom. The van der Waals surface area contributed by atoms with E-state index in [4.69, 9.17) is 0 Å². The fraction of sp³-hybridized carbons (Fsp3) is 0.720. The molecule has 302 valence electrons. The first kappa shape index (κ1) is 43.6. The van der Waals surface area contributed by atoms with E-state index in [-0.39, 0.29) is 11.6 Å². The molecule has 0 saturated heterocycles. The van der Waals surface area contributed by atoms with Gasteiger partial charge in [-0.3, -0.25) is 0 Å². The molecule has 2 aliphatic rings. The monoisotopic (exact) mass is 779 g/mol. The average molecular weight is 779 g/mol. The number of hydrogen-bond acceptors (Lipinski definition) is 2. The number of rotatable bonds is 24. The van der Waals surface area contributed by atoms with Crippen molar-refractivity contribution in [2.45, 2.75) is 208 Å². The van der Waals surface area contributed by atoms with Gasteiger partial charge >= 0.3 is 0 Å². The van der Waals surface area contributed by atoms with Crippen molar-refractivity contribution >= 4 is 22.7 Å². The number of aryl methyl sites for hydroxylation is 2. The Bertz CT molecular complexity index is 1500. The minimum atomic E-state index is -0.504. The van der Waals surface area contributed by atoms with Gasteiger partial charge in [0.05, 0.1) is 0 Å². The molecule has 4 atom stereocenters. The Kier molecular flexibility index (Phi) is 15.6. The van der Waals surface area contributed by atoms with E-state index < -0.39 is 10.8 Å². The number of halogens is 2. The van der Waals surface area contributed by atoms with Gasteiger partial charge in [0, 0.05) is 52.6 Å². The molecule has 0 nitrogen and oxygen atoms in total. The zero-order valence-electron chi connectivity index (χ0n) is 36.2. The highest BCUT2D eigenvalue weighted by molar-refractivity contribution is 7.16. The van der Waals surface area contributed by atoms with Crippen LogP contribution in [-0.2, 0) is 10.8 Å². The predicted octanol–water partition coefficient (Wildman–Crippen LogP) is 17.7. The lowest BCUT2D eigenvalue weighted by molar-refractivity contribution is 0.257. The van der Waals surface area contributed by atoms with Crippen LogP contribution in [0.15, 0.2) is 12.1 Å². The highest BCUT2D eigenvalue weighted by Crippen LogP contribution is 2.66. The summed E-state index contributed by atoms with van der Waals surface area (Å²) in [6.45, 7) is 22.9. The van der Waals surface area contributed by atoms with Gasteiger partial charge in [0.1, 0.15) is 11.6 Å². The van der Waals surface area contributed by atoms with Crippen molar-refractivity contribution in [1.29, 1.82) is 0 Å². The molecule has 0 amide bonds. The lowest BCUT2D eigenvalue weighted by Gasteiger charge is -2.40. The van der Waals surface area contributed by atoms with Crippen LogP contribution < -0.4 is 0 Å². The molecule has 5 rings (SSSR count). The molecule has 54 heavy (non-hydrogen) atoms. The van der Waals surface area contributed by atoms with Gasteiger partial charge in [-0.1, -0.05) is 158 Å². The first-order valence-electron chi connectivity index (χ1n) is 22.8. The van der Waals surface area contributed by atoms with Gasteiger partial charge in [-0.15, -0.1) is 22.7 Å². The molecule has 0 saturated carbocycles. The van der Waals surface area contributed by atoms with Crippen LogP contribution in [0.25, 0.3) is 20.9 Å². The minimum Gasteiger partial charge on any atom is -0.206 e. The summed E-state index contributed by atoms with van der Waals surface area (Å²) < 4.78 is 37.7. The van der Waals surface area contributed by atoms with Crippen LogP contribution in [0.4, 0.5) is 8.78 Å². The third kappa shape index (κ3) is 8.24. The Morgan fingerprint density at radius 3 is 1.00 bits per heavy atom. The van der Waals surface area contributed by atoms with E-state index in [0.29, 0.717) is 34.8 Å². The van der Waals surface area contributed by atoms with Crippen molar-refractivity contribution < 1.29 is 8.78 Å². The summed E-state index contributed by atoms with van der Waals surface area (Å²) in [5, 5.41) is 0. The zero-order chi connectivity index (χ0) is 39.2. The highest BCUT2D eigenvalue weighted by Gasteiger charge is 2.56. The van der Waals surface area contributed by atoms with E-state index >= 15 is 8.78 Å². The first-order valence-corrected chi connectivity index (χ1v) is 24.5. The normalized spacial score (nSPS) is 20.8. The van der Waals surface area contributed by atoms with Crippen molar-refractivity contribution in [3.05, 3.63) is 55.8 Å². The lowest BCUT2D eigenvalue weighted by Crippen LogP contribution is -2.34. The van der Waals surface area contributed by atoms with Gasteiger partial charge in [0.15, 0.2) is 0 Å². The van der Waals surface area contributed by atoms with E-state index in [1.807, 2.05) is 0 Å². The number of fused-ring (bicyclic) bond motifs is 6. The van der Waals surface area contributed by atoms with Crippen molar-refractivity contribution in [3.63, 3.8) is 0 Å². The summed E-state index contributed by atoms with van der Waals surface area (Å²) in [6.07, 6.45) is 22.1. The van der Waals surface area contributed by atoms with E-state index in [0.717, 1.165) is 97.9 Å². The molecule has 3 aromatic rings. The van der Waals surface area contributed by atoms with Crippen molar-refractivity contribution in [1.82, 2.24) is 0 Å². The summed E-state index contributed by atoms with van der Waals surface area (Å²) in [6, 6.07) is 4.74. The van der Waals surface area contributed by atoms with Crippen LogP contribution in [-0.4, -0.2) is 0 Å². The SMILES string of the molecule is CCCCC(CC)CC1(CC(CC)CCCC)c2cc(C)sc2-c2c(F)c3c(c(F)c21)-c1sc(C)cc1C3(CC(CC)CCCC)CC(CC)CCCC. The molecule has 4 unspecified atom stereocenters. The molecule has 0 bridgehead atoms. The Hall–Kier alpha value is -1.52. The fourth-order valence-corrected chi connectivity index (χ4v) is 13.5. The summed E-state index contributed by atoms with van der Waals surface area (Å²) in [7, 11) is 0. The molecule has 2 aliphatic carbocycles. The maximum Gasteiger partial charge on any atom is 0.137 e. The molecule has 0 spiro atoms. The molecule has 2 aromatic heterocycles. The first-order chi connectivity index (χ1) is 26.0. The second-order valence-corrected chi connectivity index (χ2v) is 20.5. The zero-order valence-corrected chi connectivity index (χ0v) is 37.8. The van der Waals surface area contributed by atoms with Gasteiger partial charge in [-0.25, -0.2) is 8.78 Å². The Morgan fingerprint density at radius 1 is 0.481 bits per heavy atom. The third-order valence-electron chi connectivity index (χ3n) is 14.3. The maximum absolute atomic E-state index is 18.8. The summed E-state index contributed by atoms with van der Waals surface area (Å²) in [5.41, 5.74) is 4.31.